The first kappa shape index (κ1) is 8.88. The first-order valence-corrected chi connectivity index (χ1v) is 4.44. The molecule has 0 N–H and O–H groups in total. The second-order valence-corrected chi connectivity index (χ2v) is 4.44. The Morgan fingerprint density at radius 2 is 2.38 bits per heavy atom. The summed E-state index contributed by atoms with van der Waals surface area (Å²) in [5.74, 6) is 0. The molecule has 1 atom stereocenters. The maximum absolute atomic E-state index is 10.3. The zero-order chi connectivity index (χ0) is 6.57. The van der Waals surface area contributed by atoms with Crippen molar-refractivity contribution in [3.8, 4) is 0 Å². The minimum atomic E-state index is 0.244. The monoisotopic (exact) mass is 290 g/mol. The largest absolute Gasteiger partial charge is 0.288 e. The lowest BCUT2D eigenvalue weighted by Gasteiger charge is -1.95. The minimum absolute atomic E-state index is 0.244. The molecule has 48 valence electrons. The lowest BCUT2D eigenvalue weighted by molar-refractivity contribution is -0.109. The molecule has 0 saturated carbocycles. The summed E-state index contributed by atoms with van der Waals surface area (Å²) in [6.07, 6.45) is 1.63. The molecule has 0 radical (unpaired) electrons. The van der Waals surface area contributed by atoms with Crippen molar-refractivity contribution in [2.75, 3.05) is 0 Å². The number of rotatable bonds is 3. The Labute approximate surface area is 71.5 Å². The van der Waals surface area contributed by atoms with Gasteiger partial charge in [0.2, 0.25) is 0 Å². The van der Waals surface area contributed by atoms with Crippen molar-refractivity contribution in [1.29, 1.82) is 0 Å². The molecule has 3 heteroatoms. The van der Waals surface area contributed by atoms with Gasteiger partial charge in [0.1, 0.15) is 0 Å². The van der Waals surface area contributed by atoms with Crippen LogP contribution in [0.15, 0.2) is 0 Å². The van der Waals surface area contributed by atoms with Gasteiger partial charge in [-0.25, -0.2) is 0 Å². The Morgan fingerprint density at radius 1 is 1.88 bits per heavy atom. The van der Waals surface area contributed by atoms with E-state index in [9.17, 15) is 4.79 Å². The van der Waals surface area contributed by atoms with E-state index in [1.165, 1.54) is 0 Å². The fourth-order valence-electron chi connectivity index (χ4n) is 0.312. The van der Waals surface area contributed by atoms with Crippen LogP contribution in [-0.2, 0) is 4.79 Å². The highest BCUT2D eigenvalue weighted by Gasteiger charge is 1.98. The molecule has 0 heterocycles. The SMILES string of the molecule is CC(Br)CCC(=O)I. The first-order valence-electron chi connectivity index (χ1n) is 2.45. The molecule has 1 unspecified atom stereocenters. The average molecular weight is 291 g/mol. The molecule has 0 spiro atoms. The van der Waals surface area contributed by atoms with Crippen molar-refractivity contribution in [3.05, 3.63) is 0 Å². The van der Waals surface area contributed by atoms with Crippen LogP contribution < -0.4 is 0 Å². The van der Waals surface area contributed by atoms with E-state index in [1.54, 1.807) is 0 Å². The maximum atomic E-state index is 10.3. The van der Waals surface area contributed by atoms with E-state index >= 15 is 0 Å². The molecule has 0 aromatic carbocycles. The number of hydrogen-bond acceptors (Lipinski definition) is 1. The van der Waals surface area contributed by atoms with Gasteiger partial charge in [-0.1, -0.05) is 22.9 Å². The Balaban J connectivity index is 3.05. The molecular formula is C5H8BrIO. The van der Waals surface area contributed by atoms with E-state index in [2.05, 4.69) is 15.9 Å². The standard InChI is InChI=1S/C5H8BrIO/c1-4(6)2-3-5(7)8/h4H,2-3H2,1H3. The van der Waals surface area contributed by atoms with Crippen LogP contribution in [0.3, 0.4) is 0 Å². The zero-order valence-electron chi connectivity index (χ0n) is 4.66. The van der Waals surface area contributed by atoms with Crippen LogP contribution in [0, 0.1) is 0 Å². The molecule has 0 amide bonds. The van der Waals surface area contributed by atoms with Crippen LogP contribution in [0.5, 0.6) is 0 Å². The molecule has 8 heavy (non-hydrogen) atoms. The van der Waals surface area contributed by atoms with E-state index in [-0.39, 0.29) is 3.79 Å². The van der Waals surface area contributed by atoms with E-state index in [0.29, 0.717) is 11.2 Å². The normalized spacial score (nSPS) is 13.4. The number of carbonyl (C=O) groups excluding carboxylic acids is 1. The predicted octanol–water partition coefficient (Wildman–Crippen LogP) is 2.51. The van der Waals surface area contributed by atoms with Gasteiger partial charge in [0, 0.05) is 11.2 Å². The van der Waals surface area contributed by atoms with Crippen molar-refractivity contribution in [2.45, 2.75) is 24.6 Å². The molecule has 0 aliphatic carbocycles. The van der Waals surface area contributed by atoms with Gasteiger partial charge in [-0.3, -0.25) is 4.79 Å². The number of hydrogen-bond donors (Lipinski definition) is 0. The Bertz CT molecular complexity index is 82.5. The summed E-state index contributed by atoms with van der Waals surface area (Å²) in [6.45, 7) is 2.04. The summed E-state index contributed by atoms with van der Waals surface area (Å²) in [5, 5.41) is 0. The number of halogens is 2. The quantitative estimate of drug-likeness (QED) is 0.443. The van der Waals surface area contributed by atoms with Crippen molar-refractivity contribution in [3.63, 3.8) is 0 Å². The molecule has 0 aliphatic heterocycles. The molecule has 0 bridgehead atoms. The van der Waals surface area contributed by atoms with E-state index in [0.717, 1.165) is 6.42 Å². The zero-order valence-corrected chi connectivity index (χ0v) is 8.40. The van der Waals surface area contributed by atoms with E-state index in [4.69, 9.17) is 0 Å². The van der Waals surface area contributed by atoms with Gasteiger partial charge < -0.3 is 0 Å². The Kier molecular flexibility index (Phi) is 5.25. The highest BCUT2D eigenvalue weighted by Crippen LogP contribution is 2.08. The van der Waals surface area contributed by atoms with Crippen LogP contribution >= 0.6 is 38.5 Å². The molecule has 0 fully saturated rings. The van der Waals surface area contributed by atoms with Gasteiger partial charge >= 0.3 is 0 Å². The van der Waals surface area contributed by atoms with E-state index < -0.39 is 0 Å². The lowest BCUT2D eigenvalue weighted by atomic mass is 10.3. The van der Waals surface area contributed by atoms with E-state index in [1.807, 2.05) is 29.5 Å². The van der Waals surface area contributed by atoms with Gasteiger partial charge in [-0.2, -0.15) is 0 Å². The average Bonchev–Trinajstić information content (AvgIpc) is 1.61. The lowest BCUT2D eigenvalue weighted by Crippen LogP contribution is -1.92. The minimum Gasteiger partial charge on any atom is -0.288 e. The highest BCUT2D eigenvalue weighted by molar-refractivity contribution is 14.1. The third-order valence-corrected chi connectivity index (χ3v) is 1.74. The topological polar surface area (TPSA) is 17.1 Å². The first-order chi connectivity index (χ1) is 3.63. The van der Waals surface area contributed by atoms with Crippen molar-refractivity contribution < 1.29 is 4.79 Å². The Hall–Kier alpha value is 0.880. The fourth-order valence-corrected chi connectivity index (χ4v) is 0.853. The summed E-state index contributed by atoms with van der Waals surface area (Å²) in [7, 11) is 0. The van der Waals surface area contributed by atoms with Crippen LogP contribution in [0.25, 0.3) is 0 Å². The number of carbonyl (C=O) groups is 1. The summed E-state index contributed by atoms with van der Waals surface area (Å²) < 4.78 is 0.244. The van der Waals surface area contributed by atoms with Crippen molar-refractivity contribution in [1.82, 2.24) is 0 Å². The van der Waals surface area contributed by atoms with Gasteiger partial charge in [0.25, 0.3) is 0 Å². The second-order valence-electron chi connectivity index (χ2n) is 1.67. The van der Waals surface area contributed by atoms with Gasteiger partial charge in [-0.15, -0.1) is 0 Å². The fraction of sp³-hybridized carbons (Fsp3) is 0.800. The van der Waals surface area contributed by atoms with Crippen molar-refractivity contribution in [2.24, 2.45) is 0 Å². The van der Waals surface area contributed by atoms with Crippen LogP contribution in [-0.4, -0.2) is 8.62 Å². The predicted molar refractivity (Wildman–Crippen MR) is 46.7 cm³/mol. The third kappa shape index (κ3) is 6.88. The van der Waals surface area contributed by atoms with Crippen molar-refractivity contribution >= 4 is 42.3 Å². The highest BCUT2D eigenvalue weighted by atomic mass is 127. The van der Waals surface area contributed by atoms with Crippen LogP contribution in [0.4, 0.5) is 0 Å². The molecule has 0 aromatic rings. The number of alkyl halides is 1. The van der Waals surface area contributed by atoms with Crippen LogP contribution in [0.1, 0.15) is 19.8 Å². The molecule has 0 aliphatic rings. The molecule has 0 aromatic heterocycles. The molecular weight excluding hydrogens is 283 g/mol. The second kappa shape index (κ2) is 4.73. The summed E-state index contributed by atoms with van der Waals surface area (Å²) in [5.41, 5.74) is 0. The molecule has 1 nitrogen and oxygen atoms in total. The summed E-state index contributed by atoms with van der Waals surface area (Å²) in [4.78, 5) is 10.8. The van der Waals surface area contributed by atoms with Gasteiger partial charge in [0.15, 0.2) is 3.79 Å². The summed E-state index contributed by atoms with van der Waals surface area (Å²) >= 11 is 5.16. The third-order valence-electron chi connectivity index (χ3n) is 0.739. The molecule has 0 saturated heterocycles. The summed E-state index contributed by atoms with van der Waals surface area (Å²) in [6, 6.07) is 0. The van der Waals surface area contributed by atoms with Gasteiger partial charge in [-0.05, 0) is 29.0 Å². The van der Waals surface area contributed by atoms with Crippen LogP contribution in [0.2, 0.25) is 0 Å². The smallest absolute Gasteiger partial charge is 0.192 e. The maximum Gasteiger partial charge on any atom is 0.192 e. The Morgan fingerprint density at radius 3 is 2.50 bits per heavy atom. The molecule has 0 rings (SSSR count). The van der Waals surface area contributed by atoms with Gasteiger partial charge in [0.05, 0.1) is 0 Å².